The Morgan fingerprint density at radius 2 is 2.00 bits per heavy atom. The predicted molar refractivity (Wildman–Crippen MR) is 43.8 cm³/mol. The number of sulfone groups is 1. The van der Waals surface area contributed by atoms with Gasteiger partial charge < -0.3 is 0 Å². The van der Waals surface area contributed by atoms with E-state index >= 15 is 0 Å². The number of hydrogen-bond acceptors (Lipinski definition) is 2. The molecule has 0 rings (SSSR count). The van der Waals surface area contributed by atoms with Gasteiger partial charge in [0.05, 0.1) is 5.75 Å². The van der Waals surface area contributed by atoms with Crippen molar-refractivity contribution < 1.29 is 8.42 Å². The molecule has 0 aromatic heterocycles. The molecule has 0 radical (unpaired) electrons. The molecular formula is C7H14O2S. The Morgan fingerprint density at radius 3 is 2.30 bits per heavy atom. The number of rotatable bonds is 3. The van der Waals surface area contributed by atoms with Gasteiger partial charge in [-0.3, -0.25) is 0 Å². The Morgan fingerprint density at radius 1 is 1.50 bits per heavy atom. The number of hydrogen-bond donors (Lipinski definition) is 0. The van der Waals surface area contributed by atoms with Crippen molar-refractivity contribution in [3.8, 4) is 0 Å². The molecule has 0 aliphatic heterocycles. The Hall–Kier alpha value is -0.310. The van der Waals surface area contributed by atoms with Crippen LogP contribution < -0.4 is 0 Å². The van der Waals surface area contributed by atoms with Crippen LogP contribution in [0.1, 0.15) is 20.3 Å². The molecule has 0 saturated carbocycles. The van der Waals surface area contributed by atoms with E-state index in [4.69, 9.17) is 0 Å². The zero-order valence-corrected chi connectivity index (χ0v) is 7.53. The minimum atomic E-state index is -2.81. The molecule has 0 bridgehead atoms. The van der Waals surface area contributed by atoms with Crippen LogP contribution in [-0.4, -0.2) is 20.4 Å². The molecule has 0 aromatic carbocycles. The summed E-state index contributed by atoms with van der Waals surface area (Å²) in [7, 11) is -2.81. The second-order valence-corrected chi connectivity index (χ2v) is 4.68. The SMILES string of the molecule is CC/C(C)=C/CS(C)(=O)=O. The summed E-state index contributed by atoms with van der Waals surface area (Å²) in [6.45, 7) is 3.94. The van der Waals surface area contributed by atoms with E-state index in [-0.39, 0.29) is 5.75 Å². The van der Waals surface area contributed by atoms with Gasteiger partial charge in [0, 0.05) is 6.26 Å². The first-order valence-corrected chi connectivity index (χ1v) is 5.35. The fourth-order valence-electron chi connectivity index (χ4n) is 0.438. The third kappa shape index (κ3) is 5.82. The van der Waals surface area contributed by atoms with Gasteiger partial charge in [0.15, 0.2) is 9.84 Å². The molecule has 0 spiro atoms. The minimum Gasteiger partial charge on any atom is -0.229 e. The van der Waals surface area contributed by atoms with Crippen molar-refractivity contribution in [3.63, 3.8) is 0 Å². The van der Waals surface area contributed by atoms with Gasteiger partial charge in [-0.05, 0) is 13.3 Å². The first kappa shape index (κ1) is 9.69. The number of allylic oxidation sites excluding steroid dienone is 1. The monoisotopic (exact) mass is 162 g/mol. The highest BCUT2D eigenvalue weighted by molar-refractivity contribution is 7.90. The highest BCUT2D eigenvalue weighted by atomic mass is 32.2. The zero-order chi connectivity index (χ0) is 8.20. The molecule has 0 saturated heterocycles. The fourth-order valence-corrected chi connectivity index (χ4v) is 1.03. The van der Waals surface area contributed by atoms with Crippen LogP contribution in [0.25, 0.3) is 0 Å². The first-order valence-electron chi connectivity index (χ1n) is 3.29. The molecule has 0 amide bonds. The van der Waals surface area contributed by atoms with E-state index in [0.29, 0.717) is 0 Å². The molecule has 0 unspecified atom stereocenters. The van der Waals surface area contributed by atoms with Crippen LogP contribution in [0.4, 0.5) is 0 Å². The molecule has 0 atom stereocenters. The van der Waals surface area contributed by atoms with Gasteiger partial charge in [0.2, 0.25) is 0 Å². The highest BCUT2D eigenvalue weighted by Crippen LogP contribution is 1.98. The van der Waals surface area contributed by atoms with Gasteiger partial charge in [-0.1, -0.05) is 18.6 Å². The third-order valence-electron chi connectivity index (χ3n) is 1.29. The van der Waals surface area contributed by atoms with E-state index in [1.165, 1.54) is 6.26 Å². The van der Waals surface area contributed by atoms with Crippen molar-refractivity contribution in [2.45, 2.75) is 20.3 Å². The van der Waals surface area contributed by atoms with Gasteiger partial charge in [0.1, 0.15) is 0 Å². The lowest BCUT2D eigenvalue weighted by molar-refractivity contribution is 0.604. The van der Waals surface area contributed by atoms with Gasteiger partial charge in [0.25, 0.3) is 0 Å². The van der Waals surface area contributed by atoms with Crippen molar-refractivity contribution in [2.75, 3.05) is 12.0 Å². The smallest absolute Gasteiger partial charge is 0.151 e. The Kier molecular flexibility index (Phi) is 3.64. The summed E-state index contributed by atoms with van der Waals surface area (Å²) < 4.78 is 21.2. The van der Waals surface area contributed by atoms with Crippen molar-refractivity contribution in [1.29, 1.82) is 0 Å². The predicted octanol–water partition coefficient (Wildman–Crippen LogP) is 1.39. The van der Waals surface area contributed by atoms with E-state index in [0.717, 1.165) is 12.0 Å². The quantitative estimate of drug-likeness (QED) is 0.588. The van der Waals surface area contributed by atoms with Crippen LogP contribution in [0.5, 0.6) is 0 Å². The van der Waals surface area contributed by atoms with Crippen molar-refractivity contribution in [3.05, 3.63) is 11.6 Å². The summed E-state index contributed by atoms with van der Waals surface area (Å²) in [6.07, 6.45) is 3.93. The van der Waals surface area contributed by atoms with E-state index in [2.05, 4.69) is 0 Å². The van der Waals surface area contributed by atoms with E-state index in [1.54, 1.807) is 6.08 Å². The van der Waals surface area contributed by atoms with Crippen LogP contribution in [0.15, 0.2) is 11.6 Å². The summed E-state index contributed by atoms with van der Waals surface area (Å²) in [5.74, 6) is 0.173. The molecule has 60 valence electrons. The molecule has 0 aromatic rings. The molecule has 0 aliphatic rings. The lowest BCUT2D eigenvalue weighted by atomic mass is 10.2. The van der Waals surface area contributed by atoms with Crippen LogP contribution in [0.3, 0.4) is 0 Å². The maximum Gasteiger partial charge on any atom is 0.151 e. The second kappa shape index (κ2) is 3.76. The molecule has 0 aliphatic carbocycles. The molecule has 0 heterocycles. The largest absolute Gasteiger partial charge is 0.229 e. The topological polar surface area (TPSA) is 34.1 Å². The van der Waals surface area contributed by atoms with Gasteiger partial charge in [-0.15, -0.1) is 0 Å². The highest BCUT2D eigenvalue weighted by Gasteiger charge is 1.96. The summed E-state index contributed by atoms with van der Waals surface area (Å²) in [4.78, 5) is 0. The van der Waals surface area contributed by atoms with Crippen LogP contribution >= 0.6 is 0 Å². The molecule has 0 N–H and O–H groups in total. The maximum atomic E-state index is 10.6. The van der Waals surface area contributed by atoms with E-state index < -0.39 is 9.84 Å². The normalized spacial score (nSPS) is 13.7. The Labute approximate surface area is 62.9 Å². The third-order valence-corrected chi connectivity index (χ3v) is 2.06. The van der Waals surface area contributed by atoms with Crippen molar-refractivity contribution >= 4 is 9.84 Å². The van der Waals surface area contributed by atoms with Crippen molar-refractivity contribution in [1.82, 2.24) is 0 Å². The molecular weight excluding hydrogens is 148 g/mol. The van der Waals surface area contributed by atoms with Gasteiger partial charge >= 0.3 is 0 Å². The summed E-state index contributed by atoms with van der Waals surface area (Å²) in [5.41, 5.74) is 1.13. The molecule has 2 nitrogen and oxygen atoms in total. The molecule has 10 heavy (non-hydrogen) atoms. The summed E-state index contributed by atoms with van der Waals surface area (Å²) in [5, 5.41) is 0. The standard InChI is InChI=1S/C7H14O2S/c1-4-7(2)5-6-10(3,8)9/h5H,4,6H2,1-3H3/b7-5+. The lowest BCUT2D eigenvalue weighted by Gasteiger charge is -1.93. The van der Waals surface area contributed by atoms with Crippen molar-refractivity contribution in [2.24, 2.45) is 0 Å². The second-order valence-electron chi connectivity index (χ2n) is 2.50. The Bertz CT molecular complexity index is 212. The van der Waals surface area contributed by atoms with Crippen LogP contribution in [0, 0.1) is 0 Å². The lowest BCUT2D eigenvalue weighted by Crippen LogP contribution is -1.99. The maximum absolute atomic E-state index is 10.6. The summed E-state index contributed by atoms with van der Waals surface area (Å²) >= 11 is 0. The van der Waals surface area contributed by atoms with Gasteiger partial charge in [-0.2, -0.15) is 0 Å². The molecule has 0 fully saturated rings. The van der Waals surface area contributed by atoms with Crippen LogP contribution in [-0.2, 0) is 9.84 Å². The van der Waals surface area contributed by atoms with Gasteiger partial charge in [-0.25, -0.2) is 8.42 Å². The van der Waals surface area contributed by atoms with Crippen LogP contribution in [0.2, 0.25) is 0 Å². The molecule has 3 heteroatoms. The fraction of sp³-hybridized carbons (Fsp3) is 0.714. The van der Waals surface area contributed by atoms with E-state index in [1.807, 2.05) is 13.8 Å². The average molecular weight is 162 g/mol. The Balaban J connectivity index is 3.98. The zero-order valence-electron chi connectivity index (χ0n) is 6.72. The summed E-state index contributed by atoms with van der Waals surface area (Å²) in [6, 6.07) is 0. The minimum absolute atomic E-state index is 0.173. The first-order chi connectivity index (χ1) is 4.45. The average Bonchev–Trinajstić information content (AvgIpc) is 1.81. The van der Waals surface area contributed by atoms with E-state index in [9.17, 15) is 8.42 Å².